The summed E-state index contributed by atoms with van der Waals surface area (Å²) in [7, 11) is 0. The van der Waals surface area contributed by atoms with Crippen molar-refractivity contribution < 1.29 is 4.79 Å². The van der Waals surface area contributed by atoms with Crippen molar-refractivity contribution in [3.05, 3.63) is 36.0 Å². The van der Waals surface area contributed by atoms with Gasteiger partial charge in [-0.2, -0.15) is 0 Å². The molecule has 98 valence electrons. The van der Waals surface area contributed by atoms with Gasteiger partial charge < -0.3 is 11.1 Å². The predicted molar refractivity (Wildman–Crippen MR) is 75.9 cm³/mol. The number of nitrogen functional groups attached to an aromatic ring is 1. The number of nitrogens with one attached hydrogen (secondary N) is 1. The zero-order valence-electron chi connectivity index (χ0n) is 10.9. The van der Waals surface area contributed by atoms with Crippen molar-refractivity contribution in [2.45, 2.75) is 31.7 Å². The van der Waals surface area contributed by atoms with E-state index in [1.807, 2.05) is 24.3 Å². The van der Waals surface area contributed by atoms with Crippen molar-refractivity contribution in [1.29, 1.82) is 0 Å². The van der Waals surface area contributed by atoms with Gasteiger partial charge in [-0.05, 0) is 38.3 Å². The molecule has 1 aliphatic rings. The monoisotopic (exact) mass is 255 g/mol. The molecule has 0 bridgehead atoms. The van der Waals surface area contributed by atoms with Gasteiger partial charge in [-0.3, -0.25) is 4.79 Å². The van der Waals surface area contributed by atoms with E-state index in [0.29, 0.717) is 11.4 Å². The summed E-state index contributed by atoms with van der Waals surface area (Å²) in [6, 6.07) is 9.24. The normalized spacial score (nSPS) is 16.9. The Morgan fingerprint density at radius 1 is 1.37 bits per heavy atom. The standard InChI is InChI=1S/C15H17N3O/c1-15(7-4-8-15)18-14(19)13-9-11(16)10-5-2-3-6-12(10)17-13/h2-3,5-6,9H,4,7-8H2,1H3,(H2,16,17)(H,18,19). The topological polar surface area (TPSA) is 68.0 Å². The molecule has 0 unspecified atom stereocenters. The van der Waals surface area contributed by atoms with Crippen LogP contribution in [0.2, 0.25) is 0 Å². The summed E-state index contributed by atoms with van der Waals surface area (Å²) < 4.78 is 0. The van der Waals surface area contributed by atoms with Crippen LogP contribution in [0.1, 0.15) is 36.7 Å². The molecule has 1 saturated carbocycles. The van der Waals surface area contributed by atoms with E-state index in [1.54, 1.807) is 6.07 Å². The minimum atomic E-state index is -0.139. The molecule has 1 aromatic heterocycles. The summed E-state index contributed by atoms with van der Waals surface area (Å²) in [5.41, 5.74) is 7.66. The van der Waals surface area contributed by atoms with Gasteiger partial charge in [-0.15, -0.1) is 0 Å². The highest BCUT2D eigenvalue weighted by Crippen LogP contribution is 2.31. The van der Waals surface area contributed by atoms with Gasteiger partial charge in [0.25, 0.3) is 5.91 Å². The molecule has 2 aromatic rings. The van der Waals surface area contributed by atoms with Gasteiger partial charge in [0.15, 0.2) is 0 Å². The van der Waals surface area contributed by atoms with E-state index in [1.165, 1.54) is 6.42 Å². The first kappa shape index (κ1) is 12.0. The summed E-state index contributed by atoms with van der Waals surface area (Å²) in [5, 5.41) is 3.93. The third kappa shape index (κ3) is 2.14. The van der Waals surface area contributed by atoms with Crippen LogP contribution in [0.4, 0.5) is 5.69 Å². The Morgan fingerprint density at radius 2 is 2.11 bits per heavy atom. The summed E-state index contributed by atoms with van der Waals surface area (Å²) in [6.45, 7) is 2.07. The molecule has 0 saturated heterocycles. The average molecular weight is 255 g/mol. The van der Waals surface area contributed by atoms with Gasteiger partial charge in [-0.1, -0.05) is 18.2 Å². The number of pyridine rings is 1. The molecular formula is C15H17N3O. The van der Waals surface area contributed by atoms with Crippen molar-refractivity contribution in [3.8, 4) is 0 Å². The molecule has 1 heterocycles. The number of hydrogen-bond acceptors (Lipinski definition) is 3. The van der Waals surface area contributed by atoms with E-state index < -0.39 is 0 Å². The van der Waals surface area contributed by atoms with Crippen molar-refractivity contribution in [1.82, 2.24) is 10.3 Å². The van der Waals surface area contributed by atoms with Crippen LogP contribution in [0.15, 0.2) is 30.3 Å². The SMILES string of the molecule is CC1(NC(=O)c2cc(N)c3ccccc3n2)CCC1. The van der Waals surface area contributed by atoms with E-state index in [2.05, 4.69) is 17.2 Å². The van der Waals surface area contributed by atoms with E-state index in [9.17, 15) is 4.79 Å². The lowest BCUT2D eigenvalue weighted by molar-refractivity contribution is 0.0845. The molecular weight excluding hydrogens is 238 g/mol. The number of fused-ring (bicyclic) bond motifs is 1. The van der Waals surface area contributed by atoms with Crippen LogP contribution >= 0.6 is 0 Å². The Hall–Kier alpha value is -2.10. The minimum absolute atomic E-state index is 0.0703. The Bertz CT molecular complexity index is 647. The minimum Gasteiger partial charge on any atom is -0.398 e. The summed E-state index contributed by atoms with van der Waals surface area (Å²) in [5.74, 6) is -0.139. The van der Waals surface area contributed by atoms with Gasteiger partial charge in [0.05, 0.1) is 5.52 Å². The Kier molecular flexibility index (Phi) is 2.66. The second-order valence-electron chi connectivity index (χ2n) is 5.48. The average Bonchev–Trinajstić information content (AvgIpc) is 2.37. The first-order valence-corrected chi connectivity index (χ1v) is 6.55. The van der Waals surface area contributed by atoms with E-state index in [0.717, 1.165) is 23.7 Å². The summed E-state index contributed by atoms with van der Waals surface area (Å²) in [4.78, 5) is 16.6. The molecule has 3 rings (SSSR count). The zero-order chi connectivity index (χ0) is 13.5. The second-order valence-corrected chi connectivity index (χ2v) is 5.48. The van der Waals surface area contributed by atoms with Crippen LogP contribution in [0.3, 0.4) is 0 Å². The maximum absolute atomic E-state index is 12.2. The lowest BCUT2D eigenvalue weighted by atomic mass is 9.78. The number of aromatic nitrogens is 1. The molecule has 1 aromatic carbocycles. The summed E-state index contributed by atoms with van der Waals surface area (Å²) >= 11 is 0. The molecule has 4 heteroatoms. The van der Waals surface area contributed by atoms with Crippen molar-refractivity contribution in [2.24, 2.45) is 0 Å². The quantitative estimate of drug-likeness (QED) is 0.866. The molecule has 19 heavy (non-hydrogen) atoms. The number of nitrogens with two attached hydrogens (primary N) is 1. The lowest BCUT2D eigenvalue weighted by Gasteiger charge is -2.39. The highest BCUT2D eigenvalue weighted by atomic mass is 16.2. The lowest BCUT2D eigenvalue weighted by Crippen LogP contribution is -2.51. The summed E-state index contributed by atoms with van der Waals surface area (Å²) in [6.07, 6.45) is 3.23. The number of carbonyl (C=O) groups excluding carboxylic acids is 1. The highest BCUT2D eigenvalue weighted by molar-refractivity contribution is 5.99. The predicted octanol–water partition coefficient (Wildman–Crippen LogP) is 2.49. The number of carbonyl (C=O) groups is 1. The van der Waals surface area contributed by atoms with Crippen LogP contribution < -0.4 is 11.1 Å². The Balaban J connectivity index is 1.94. The van der Waals surface area contributed by atoms with Crippen molar-refractivity contribution >= 4 is 22.5 Å². The number of anilines is 1. The molecule has 3 N–H and O–H groups in total. The fourth-order valence-electron chi connectivity index (χ4n) is 2.49. The number of rotatable bonds is 2. The van der Waals surface area contributed by atoms with Crippen LogP contribution in [0.25, 0.3) is 10.9 Å². The smallest absolute Gasteiger partial charge is 0.270 e. The van der Waals surface area contributed by atoms with Crippen molar-refractivity contribution in [3.63, 3.8) is 0 Å². The number of hydrogen-bond donors (Lipinski definition) is 2. The number of amides is 1. The highest BCUT2D eigenvalue weighted by Gasteiger charge is 2.33. The third-order valence-corrected chi connectivity index (χ3v) is 3.85. The molecule has 0 radical (unpaired) electrons. The molecule has 0 spiro atoms. The fraction of sp³-hybridized carbons (Fsp3) is 0.333. The largest absolute Gasteiger partial charge is 0.398 e. The molecule has 1 fully saturated rings. The first-order chi connectivity index (χ1) is 9.07. The zero-order valence-corrected chi connectivity index (χ0v) is 10.9. The fourth-order valence-corrected chi connectivity index (χ4v) is 2.49. The Labute approximate surface area is 112 Å². The van der Waals surface area contributed by atoms with E-state index >= 15 is 0 Å². The van der Waals surface area contributed by atoms with Crippen LogP contribution in [0, 0.1) is 0 Å². The maximum atomic E-state index is 12.2. The Morgan fingerprint density at radius 3 is 2.79 bits per heavy atom. The van der Waals surface area contributed by atoms with Gasteiger partial charge in [0, 0.05) is 16.6 Å². The maximum Gasteiger partial charge on any atom is 0.270 e. The number of nitrogens with zero attached hydrogens (tertiary/aromatic N) is 1. The van der Waals surface area contributed by atoms with Crippen molar-refractivity contribution in [2.75, 3.05) is 5.73 Å². The van der Waals surface area contributed by atoms with Gasteiger partial charge in [-0.25, -0.2) is 4.98 Å². The number of benzene rings is 1. The van der Waals surface area contributed by atoms with E-state index in [4.69, 9.17) is 5.73 Å². The van der Waals surface area contributed by atoms with Crippen LogP contribution in [0.5, 0.6) is 0 Å². The second kappa shape index (κ2) is 4.23. The molecule has 0 aliphatic heterocycles. The number of para-hydroxylation sites is 1. The van der Waals surface area contributed by atoms with Gasteiger partial charge >= 0.3 is 0 Å². The van der Waals surface area contributed by atoms with Gasteiger partial charge in [0.1, 0.15) is 5.69 Å². The molecule has 4 nitrogen and oxygen atoms in total. The first-order valence-electron chi connectivity index (χ1n) is 6.55. The molecule has 0 atom stereocenters. The molecule has 1 aliphatic carbocycles. The van der Waals surface area contributed by atoms with Gasteiger partial charge in [0.2, 0.25) is 0 Å². The van der Waals surface area contributed by atoms with E-state index in [-0.39, 0.29) is 11.4 Å². The third-order valence-electron chi connectivity index (χ3n) is 3.85. The van der Waals surface area contributed by atoms with Crippen LogP contribution in [-0.2, 0) is 0 Å². The molecule has 1 amide bonds. The van der Waals surface area contributed by atoms with Crippen LogP contribution in [-0.4, -0.2) is 16.4 Å².